The van der Waals surface area contributed by atoms with E-state index in [9.17, 15) is 5.11 Å². The maximum Gasteiger partial charge on any atom is 0.0628 e. The quantitative estimate of drug-likeness (QED) is 0.916. The van der Waals surface area contributed by atoms with Gasteiger partial charge in [-0.15, -0.1) is 0 Å². The topological polar surface area (TPSA) is 38.1 Å². The Labute approximate surface area is 127 Å². The van der Waals surface area contributed by atoms with Gasteiger partial charge in [-0.05, 0) is 69.2 Å². The standard InChI is InChI=1S/C18H26N2O/c1-12-7-6-8-13(2)18(12)11-16(21)9-10-17-14(3)19-20(5)15(17)4/h6-8,16,21H,9-11H2,1-5H3. The summed E-state index contributed by atoms with van der Waals surface area (Å²) in [4.78, 5) is 0. The molecule has 0 spiro atoms. The van der Waals surface area contributed by atoms with Crippen LogP contribution < -0.4 is 0 Å². The monoisotopic (exact) mass is 286 g/mol. The molecule has 114 valence electrons. The summed E-state index contributed by atoms with van der Waals surface area (Å²) >= 11 is 0. The summed E-state index contributed by atoms with van der Waals surface area (Å²) in [6, 6.07) is 6.30. The molecule has 21 heavy (non-hydrogen) atoms. The van der Waals surface area contributed by atoms with E-state index in [4.69, 9.17) is 0 Å². The van der Waals surface area contributed by atoms with Gasteiger partial charge >= 0.3 is 0 Å². The third kappa shape index (κ3) is 3.53. The van der Waals surface area contributed by atoms with E-state index in [-0.39, 0.29) is 6.10 Å². The number of aryl methyl sites for hydroxylation is 4. The number of aromatic nitrogens is 2. The van der Waals surface area contributed by atoms with Crippen molar-refractivity contribution in [2.45, 2.75) is 53.1 Å². The van der Waals surface area contributed by atoms with E-state index >= 15 is 0 Å². The molecule has 3 heteroatoms. The average Bonchev–Trinajstić information content (AvgIpc) is 2.66. The molecular weight excluding hydrogens is 260 g/mol. The van der Waals surface area contributed by atoms with Crippen LogP contribution in [0.1, 0.15) is 40.1 Å². The van der Waals surface area contributed by atoms with Crippen LogP contribution in [0, 0.1) is 27.7 Å². The average molecular weight is 286 g/mol. The Morgan fingerprint density at radius 2 is 1.71 bits per heavy atom. The largest absolute Gasteiger partial charge is 0.393 e. The lowest BCUT2D eigenvalue weighted by Crippen LogP contribution is -2.14. The lowest BCUT2D eigenvalue weighted by Gasteiger charge is -2.15. The Morgan fingerprint density at radius 3 is 2.24 bits per heavy atom. The number of hydrogen-bond donors (Lipinski definition) is 1. The highest BCUT2D eigenvalue weighted by molar-refractivity contribution is 5.34. The third-order valence-corrected chi connectivity index (χ3v) is 4.47. The first-order valence-corrected chi connectivity index (χ1v) is 7.62. The molecule has 1 heterocycles. The number of aliphatic hydroxyl groups excluding tert-OH is 1. The number of rotatable bonds is 5. The number of benzene rings is 1. The highest BCUT2D eigenvalue weighted by atomic mass is 16.3. The molecule has 0 radical (unpaired) electrons. The van der Waals surface area contributed by atoms with Gasteiger partial charge in [0.2, 0.25) is 0 Å². The summed E-state index contributed by atoms with van der Waals surface area (Å²) in [6.45, 7) is 8.36. The van der Waals surface area contributed by atoms with Crippen LogP contribution in [0.4, 0.5) is 0 Å². The molecule has 0 bridgehead atoms. The van der Waals surface area contributed by atoms with Crippen molar-refractivity contribution >= 4 is 0 Å². The van der Waals surface area contributed by atoms with Crippen LogP contribution in [0.3, 0.4) is 0 Å². The predicted molar refractivity (Wildman–Crippen MR) is 86.6 cm³/mol. The summed E-state index contributed by atoms with van der Waals surface area (Å²) in [6.07, 6.45) is 2.10. The molecule has 3 nitrogen and oxygen atoms in total. The molecule has 0 aliphatic heterocycles. The summed E-state index contributed by atoms with van der Waals surface area (Å²) in [5.74, 6) is 0. The van der Waals surface area contributed by atoms with Crippen LogP contribution >= 0.6 is 0 Å². The fourth-order valence-electron chi connectivity index (χ4n) is 3.00. The van der Waals surface area contributed by atoms with Gasteiger partial charge in [0.15, 0.2) is 0 Å². The molecule has 2 aromatic rings. The van der Waals surface area contributed by atoms with Gasteiger partial charge in [0, 0.05) is 12.7 Å². The fourth-order valence-corrected chi connectivity index (χ4v) is 3.00. The molecule has 1 aromatic carbocycles. The first kappa shape index (κ1) is 15.8. The Bertz CT molecular complexity index is 608. The minimum Gasteiger partial charge on any atom is -0.393 e. The van der Waals surface area contributed by atoms with Crippen molar-refractivity contribution in [2.75, 3.05) is 0 Å². The van der Waals surface area contributed by atoms with Gasteiger partial charge in [-0.2, -0.15) is 5.10 Å². The van der Waals surface area contributed by atoms with Gasteiger partial charge in [0.05, 0.1) is 11.8 Å². The zero-order chi connectivity index (χ0) is 15.6. The second kappa shape index (κ2) is 6.44. The highest BCUT2D eigenvalue weighted by Gasteiger charge is 2.14. The summed E-state index contributed by atoms with van der Waals surface area (Å²) < 4.78 is 1.92. The zero-order valence-corrected chi connectivity index (χ0v) is 13.8. The van der Waals surface area contributed by atoms with Crippen LogP contribution in [0.2, 0.25) is 0 Å². The Balaban J connectivity index is 2.01. The van der Waals surface area contributed by atoms with Crippen molar-refractivity contribution < 1.29 is 5.11 Å². The van der Waals surface area contributed by atoms with E-state index in [2.05, 4.69) is 44.1 Å². The van der Waals surface area contributed by atoms with Crippen LogP contribution in [0.25, 0.3) is 0 Å². The minimum atomic E-state index is -0.302. The molecule has 1 unspecified atom stereocenters. The van der Waals surface area contributed by atoms with E-state index in [1.54, 1.807) is 0 Å². The fraction of sp³-hybridized carbons (Fsp3) is 0.500. The molecule has 0 saturated heterocycles. The van der Waals surface area contributed by atoms with E-state index in [0.717, 1.165) is 25.0 Å². The molecule has 1 N–H and O–H groups in total. The molecular formula is C18H26N2O. The minimum absolute atomic E-state index is 0.302. The lowest BCUT2D eigenvalue weighted by molar-refractivity contribution is 0.164. The van der Waals surface area contributed by atoms with Crippen molar-refractivity contribution in [3.63, 3.8) is 0 Å². The van der Waals surface area contributed by atoms with Gasteiger partial charge in [0.1, 0.15) is 0 Å². The Kier molecular flexibility index (Phi) is 4.84. The third-order valence-electron chi connectivity index (χ3n) is 4.47. The maximum absolute atomic E-state index is 10.4. The van der Waals surface area contributed by atoms with E-state index in [1.807, 2.05) is 18.7 Å². The van der Waals surface area contributed by atoms with E-state index in [0.29, 0.717) is 0 Å². The van der Waals surface area contributed by atoms with Crippen molar-refractivity contribution in [3.05, 3.63) is 51.8 Å². The lowest BCUT2D eigenvalue weighted by atomic mass is 9.94. The molecule has 0 fully saturated rings. The van der Waals surface area contributed by atoms with Gasteiger partial charge in [-0.3, -0.25) is 4.68 Å². The molecule has 2 rings (SSSR count). The van der Waals surface area contributed by atoms with Crippen LogP contribution in [-0.2, 0) is 19.9 Å². The van der Waals surface area contributed by atoms with Crippen LogP contribution in [-0.4, -0.2) is 21.0 Å². The first-order chi connectivity index (χ1) is 9.90. The summed E-state index contributed by atoms with van der Waals surface area (Å²) in [7, 11) is 1.97. The van der Waals surface area contributed by atoms with E-state index in [1.165, 1.54) is 27.9 Å². The van der Waals surface area contributed by atoms with Crippen LogP contribution in [0.5, 0.6) is 0 Å². The molecule has 1 aromatic heterocycles. The number of hydrogen-bond acceptors (Lipinski definition) is 2. The predicted octanol–water partition coefficient (Wildman–Crippen LogP) is 3.19. The van der Waals surface area contributed by atoms with Crippen molar-refractivity contribution in [3.8, 4) is 0 Å². The smallest absolute Gasteiger partial charge is 0.0628 e. The molecule has 1 atom stereocenters. The number of nitrogens with zero attached hydrogens (tertiary/aromatic N) is 2. The van der Waals surface area contributed by atoms with Crippen molar-refractivity contribution in [1.29, 1.82) is 0 Å². The van der Waals surface area contributed by atoms with Gasteiger partial charge in [0.25, 0.3) is 0 Å². The molecule has 0 amide bonds. The Morgan fingerprint density at radius 1 is 1.10 bits per heavy atom. The maximum atomic E-state index is 10.4. The van der Waals surface area contributed by atoms with Gasteiger partial charge in [-0.25, -0.2) is 0 Å². The Hall–Kier alpha value is -1.61. The second-order valence-corrected chi connectivity index (χ2v) is 6.04. The highest BCUT2D eigenvalue weighted by Crippen LogP contribution is 2.19. The number of aliphatic hydroxyl groups is 1. The van der Waals surface area contributed by atoms with Gasteiger partial charge in [-0.1, -0.05) is 18.2 Å². The van der Waals surface area contributed by atoms with Crippen molar-refractivity contribution in [2.24, 2.45) is 7.05 Å². The summed E-state index contributed by atoms with van der Waals surface area (Å²) in [5.41, 5.74) is 7.37. The normalized spacial score (nSPS) is 12.7. The first-order valence-electron chi connectivity index (χ1n) is 7.62. The van der Waals surface area contributed by atoms with Gasteiger partial charge < -0.3 is 5.11 Å². The zero-order valence-electron chi connectivity index (χ0n) is 13.8. The SMILES string of the molecule is Cc1cccc(C)c1CC(O)CCc1c(C)nn(C)c1C. The van der Waals surface area contributed by atoms with Crippen molar-refractivity contribution in [1.82, 2.24) is 9.78 Å². The summed E-state index contributed by atoms with van der Waals surface area (Å²) in [5, 5.41) is 14.8. The second-order valence-electron chi connectivity index (χ2n) is 6.04. The molecule has 0 aliphatic carbocycles. The van der Waals surface area contributed by atoms with E-state index < -0.39 is 0 Å². The van der Waals surface area contributed by atoms with Crippen LogP contribution in [0.15, 0.2) is 18.2 Å². The molecule has 0 saturated carbocycles. The molecule has 0 aliphatic rings.